The summed E-state index contributed by atoms with van der Waals surface area (Å²) in [6.45, 7) is 1.23. The maximum atomic E-state index is 8.70. The Morgan fingerprint density at radius 3 is 1.22 bits per heavy atom. The van der Waals surface area contributed by atoms with Gasteiger partial charge in [-0.2, -0.15) is 11.8 Å². The van der Waals surface area contributed by atoms with Gasteiger partial charge in [-0.25, -0.2) is 0 Å². The maximum Gasteiger partial charge on any atom is 0.0431 e. The zero-order valence-electron chi connectivity index (χ0n) is 15.6. The van der Waals surface area contributed by atoms with Crippen LogP contribution in [0.2, 0.25) is 0 Å². The van der Waals surface area contributed by atoms with Gasteiger partial charge < -0.3 is 10.8 Å². The average Bonchev–Trinajstić information content (AvgIpc) is 2.57. The summed E-state index contributed by atoms with van der Waals surface area (Å²) in [5, 5.41) is 8.70. The molecule has 0 aromatic carbocycles. The molecular formula is C20H43NOS. The lowest BCUT2D eigenvalue weighted by atomic mass is 10.1. The third-order valence-electron chi connectivity index (χ3n) is 4.44. The van der Waals surface area contributed by atoms with E-state index in [-0.39, 0.29) is 0 Å². The fourth-order valence-corrected chi connectivity index (χ4v) is 3.91. The molecule has 0 spiro atoms. The fraction of sp³-hybridized carbons (Fsp3) is 1.00. The van der Waals surface area contributed by atoms with Crippen LogP contribution in [-0.2, 0) is 0 Å². The highest BCUT2D eigenvalue weighted by Gasteiger charge is 1.95. The lowest BCUT2D eigenvalue weighted by Gasteiger charge is -2.04. The van der Waals surface area contributed by atoms with E-state index < -0.39 is 0 Å². The third kappa shape index (κ3) is 22.3. The molecule has 2 nitrogen and oxygen atoms in total. The van der Waals surface area contributed by atoms with Crippen molar-refractivity contribution in [2.75, 3.05) is 24.7 Å². The minimum Gasteiger partial charge on any atom is -0.396 e. The van der Waals surface area contributed by atoms with Gasteiger partial charge in [0.25, 0.3) is 0 Å². The van der Waals surface area contributed by atoms with Crippen molar-refractivity contribution >= 4 is 11.8 Å². The van der Waals surface area contributed by atoms with E-state index in [1.54, 1.807) is 0 Å². The number of thioether (sulfide) groups is 1. The van der Waals surface area contributed by atoms with E-state index in [1.165, 1.54) is 108 Å². The number of hydrogen-bond acceptors (Lipinski definition) is 3. The normalized spacial score (nSPS) is 11.2. The Labute approximate surface area is 150 Å². The first kappa shape index (κ1) is 23.3. The van der Waals surface area contributed by atoms with Gasteiger partial charge in [-0.05, 0) is 43.7 Å². The summed E-state index contributed by atoms with van der Waals surface area (Å²) in [6, 6.07) is 0. The first-order valence-corrected chi connectivity index (χ1v) is 11.5. The second-order valence-electron chi connectivity index (χ2n) is 6.78. The molecule has 0 aliphatic carbocycles. The highest BCUT2D eigenvalue weighted by molar-refractivity contribution is 7.99. The molecule has 0 atom stereocenters. The van der Waals surface area contributed by atoms with Crippen LogP contribution in [0, 0.1) is 0 Å². The van der Waals surface area contributed by atoms with Gasteiger partial charge in [0, 0.05) is 6.61 Å². The lowest BCUT2D eigenvalue weighted by Crippen LogP contribution is -1.97. The molecule has 0 saturated heterocycles. The Kier molecular flexibility index (Phi) is 22.5. The molecule has 3 N–H and O–H groups in total. The van der Waals surface area contributed by atoms with E-state index >= 15 is 0 Å². The molecule has 0 aromatic rings. The SMILES string of the molecule is NCCCCCCCCCCSCCCCCCCCCCO. The van der Waals surface area contributed by atoms with Crippen molar-refractivity contribution in [3.05, 3.63) is 0 Å². The number of aliphatic hydroxyl groups is 1. The van der Waals surface area contributed by atoms with Crippen molar-refractivity contribution in [2.45, 2.75) is 103 Å². The lowest BCUT2D eigenvalue weighted by molar-refractivity contribution is 0.282. The van der Waals surface area contributed by atoms with Gasteiger partial charge in [0.05, 0.1) is 0 Å². The summed E-state index contributed by atoms with van der Waals surface area (Å²) in [5.41, 5.74) is 5.50. The number of rotatable bonds is 20. The first-order chi connectivity index (χ1) is 11.4. The van der Waals surface area contributed by atoms with E-state index in [9.17, 15) is 0 Å². The number of unbranched alkanes of at least 4 members (excludes halogenated alkanes) is 14. The summed E-state index contributed by atoms with van der Waals surface area (Å²) < 4.78 is 0. The van der Waals surface area contributed by atoms with E-state index in [0.717, 1.165) is 13.0 Å². The molecule has 0 aliphatic heterocycles. The van der Waals surface area contributed by atoms with Crippen molar-refractivity contribution < 1.29 is 5.11 Å². The van der Waals surface area contributed by atoms with Gasteiger partial charge in [-0.15, -0.1) is 0 Å². The van der Waals surface area contributed by atoms with Crippen LogP contribution >= 0.6 is 11.8 Å². The molecule has 0 aromatic heterocycles. The molecule has 0 fully saturated rings. The van der Waals surface area contributed by atoms with Crippen LogP contribution in [0.4, 0.5) is 0 Å². The van der Waals surface area contributed by atoms with Crippen molar-refractivity contribution in [2.24, 2.45) is 5.73 Å². The third-order valence-corrected chi connectivity index (χ3v) is 5.59. The minimum atomic E-state index is 0.367. The molecule has 23 heavy (non-hydrogen) atoms. The Morgan fingerprint density at radius 2 is 0.826 bits per heavy atom. The van der Waals surface area contributed by atoms with Crippen molar-refractivity contribution in [1.29, 1.82) is 0 Å². The first-order valence-electron chi connectivity index (χ1n) is 10.3. The molecule has 0 rings (SSSR count). The largest absolute Gasteiger partial charge is 0.396 e. The highest BCUT2D eigenvalue weighted by Crippen LogP contribution is 2.14. The van der Waals surface area contributed by atoms with Gasteiger partial charge >= 0.3 is 0 Å². The van der Waals surface area contributed by atoms with Gasteiger partial charge in [-0.1, -0.05) is 77.0 Å². The molecule has 0 bridgehead atoms. The molecule has 0 amide bonds. The Morgan fingerprint density at radius 1 is 0.478 bits per heavy atom. The van der Waals surface area contributed by atoms with Crippen LogP contribution in [0.5, 0.6) is 0 Å². The van der Waals surface area contributed by atoms with Crippen molar-refractivity contribution in [3.63, 3.8) is 0 Å². The number of nitrogens with two attached hydrogens (primary N) is 1. The molecule has 0 heterocycles. The molecule has 0 radical (unpaired) electrons. The van der Waals surface area contributed by atoms with Crippen LogP contribution in [-0.4, -0.2) is 29.8 Å². The van der Waals surface area contributed by atoms with E-state index in [0.29, 0.717) is 6.61 Å². The summed E-state index contributed by atoms with van der Waals surface area (Å²) in [4.78, 5) is 0. The summed E-state index contributed by atoms with van der Waals surface area (Å²) in [7, 11) is 0. The monoisotopic (exact) mass is 345 g/mol. The zero-order chi connectivity index (χ0) is 16.8. The summed E-state index contributed by atoms with van der Waals surface area (Å²) >= 11 is 2.16. The minimum absolute atomic E-state index is 0.367. The molecule has 0 aliphatic rings. The molecule has 140 valence electrons. The number of aliphatic hydroxyl groups excluding tert-OH is 1. The quantitative estimate of drug-likeness (QED) is 0.269. The number of hydrogen-bond donors (Lipinski definition) is 2. The smallest absolute Gasteiger partial charge is 0.0431 e. The molecule has 0 unspecified atom stereocenters. The van der Waals surface area contributed by atoms with Gasteiger partial charge in [0.2, 0.25) is 0 Å². The van der Waals surface area contributed by atoms with Gasteiger partial charge in [0.1, 0.15) is 0 Å². The van der Waals surface area contributed by atoms with Crippen LogP contribution in [0.15, 0.2) is 0 Å². The summed E-state index contributed by atoms with van der Waals surface area (Å²) in [5.74, 6) is 2.73. The van der Waals surface area contributed by atoms with Crippen LogP contribution in [0.1, 0.15) is 103 Å². The topological polar surface area (TPSA) is 46.2 Å². The Bertz CT molecular complexity index is 182. The van der Waals surface area contributed by atoms with Gasteiger partial charge in [0.15, 0.2) is 0 Å². The van der Waals surface area contributed by atoms with Crippen LogP contribution in [0.3, 0.4) is 0 Å². The predicted molar refractivity (Wildman–Crippen MR) is 107 cm³/mol. The predicted octanol–water partition coefficient (Wildman–Crippen LogP) is 5.91. The Balaban J connectivity index is 2.92. The molecule has 3 heteroatoms. The van der Waals surface area contributed by atoms with E-state index in [4.69, 9.17) is 10.8 Å². The fourth-order valence-electron chi connectivity index (χ4n) is 2.89. The van der Waals surface area contributed by atoms with Crippen LogP contribution < -0.4 is 5.73 Å². The molecule has 0 saturated carbocycles. The second kappa shape index (κ2) is 22.3. The van der Waals surface area contributed by atoms with Crippen LogP contribution in [0.25, 0.3) is 0 Å². The zero-order valence-corrected chi connectivity index (χ0v) is 16.4. The van der Waals surface area contributed by atoms with E-state index in [2.05, 4.69) is 11.8 Å². The van der Waals surface area contributed by atoms with E-state index in [1.807, 2.05) is 0 Å². The Hall–Kier alpha value is 0.270. The molecular weight excluding hydrogens is 302 g/mol. The maximum absolute atomic E-state index is 8.70. The summed E-state index contributed by atoms with van der Waals surface area (Å²) in [6.07, 6.45) is 21.5. The highest BCUT2D eigenvalue weighted by atomic mass is 32.2. The van der Waals surface area contributed by atoms with Gasteiger partial charge in [-0.3, -0.25) is 0 Å². The standard InChI is InChI=1S/C20H43NOS/c21-17-13-9-5-1-3-7-11-15-19-23-20-16-12-8-4-2-6-10-14-18-22/h22H,1-21H2. The average molecular weight is 346 g/mol. The van der Waals surface area contributed by atoms with Crippen molar-refractivity contribution in [3.8, 4) is 0 Å². The second-order valence-corrected chi connectivity index (χ2v) is 8.01. The van der Waals surface area contributed by atoms with Crippen molar-refractivity contribution in [1.82, 2.24) is 0 Å².